The van der Waals surface area contributed by atoms with Crippen LogP contribution in [0.5, 0.6) is 0 Å². The van der Waals surface area contributed by atoms with E-state index < -0.39 is 5.60 Å². The van der Waals surface area contributed by atoms with Gasteiger partial charge in [-0.1, -0.05) is 19.8 Å². The van der Waals surface area contributed by atoms with Gasteiger partial charge in [0.1, 0.15) is 0 Å². The molecule has 1 aliphatic carbocycles. The summed E-state index contributed by atoms with van der Waals surface area (Å²) < 4.78 is 0. The summed E-state index contributed by atoms with van der Waals surface area (Å²) in [6.45, 7) is 4.32. The first-order valence-corrected chi connectivity index (χ1v) is 5.28. The van der Waals surface area contributed by atoms with Crippen LogP contribution in [0.15, 0.2) is 0 Å². The summed E-state index contributed by atoms with van der Waals surface area (Å²) in [5, 5.41) is 13.5. The maximum atomic E-state index is 10.4. The molecular weight excluding hydrogens is 164 g/mol. The predicted octanol–water partition coefficient (Wildman–Crippen LogP) is 0.0858. The zero-order chi connectivity index (χ0) is 9.53. The zero-order valence-electron chi connectivity index (χ0n) is 8.34. The van der Waals surface area contributed by atoms with E-state index in [9.17, 15) is 5.11 Å². The Labute approximate surface area is 79.7 Å². The van der Waals surface area contributed by atoms with Crippen molar-refractivity contribution in [3.63, 3.8) is 0 Å². The highest BCUT2D eigenvalue weighted by molar-refractivity contribution is 5.11. The van der Waals surface area contributed by atoms with Gasteiger partial charge in [0.05, 0.1) is 5.60 Å². The molecule has 2 unspecified atom stereocenters. The molecule has 76 valence electrons. The molecule has 0 bridgehead atoms. The molecule has 1 saturated heterocycles. The molecule has 1 aliphatic heterocycles. The second-order valence-electron chi connectivity index (χ2n) is 4.79. The lowest BCUT2D eigenvalue weighted by Crippen LogP contribution is -2.71. The van der Waals surface area contributed by atoms with Gasteiger partial charge in [-0.25, -0.2) is 0 Å². The number of β-amino-alcohol motifs (C(OH)–C–C–N with tert-alkyl or cyclic N) is 1. The molecule has 0 amide bonds. The molecule has 1 saturated carbocycles. The van der Waals surface area contributed by atoms with Gasteiger partial charge in [0.15, 0.2) is 0 Å². The molecular formula is C10H20N2O. The monoisotopic (exact) mass is 184 g/mol. The Morgan fingerprint density at radius 1 is 1.54 bits per heavy atom. The van der Waals surface area contributed by atoms with E-state index >= 15 is 0 Å². The van der Waals surface area contributed by atoms with E-state index in [0.29, 0.717) is 12.5 Å². The first-order chi connectivity index (χ1) is 6.15. The average Bonchev–Trinajstić information content (AvgIpc) is 2.44. The van der Waals surface area contributed by atoms with Crippen LogP contribution < -0.4 is 11.1 Å². The standard InChI is InChI=1S/C10H20N2O/c1-8-3-2-4-9(8,5-11)10(13)6-12-7-10/h8,12-13H,2-7,11H2,1H3. The van der Waals surface area contributed by atoms with Crippen molar-refractivity contribution in [3.05, 3.63) is 0 Å². The molecule has 0 aromatic carbocycles. The van der Waals surface area contributed by atoms with Gasteiger partial charge in [0.25, 0.3) is 0 Å². The fourth-order valence-electron chi connectivity index (χ4n) is 3.14. The molecule has 0 aromatic rings. The van der Waals surface area contributed by atoms with Crippen LogP contribution >= 0.6 is 0 Å². The minimum atomic E-state index is -0.516. The van der Waals surface area contributed by atoms with E-state index in [1.54, 1.807) is 0 Å². The lowest BCUT2D eigenvalue weighted by Gasteiger charge is -2.53. The van der Waals surface area contributed by atoms with Crippen LogP contribution in [-0.4, -0.2) is 30.3 Å². The summed E-state index contributed by atoms with van der Waals surface area (Å²) in [6.07, 6.45) is 3.54. The first-order valence-electron chi connectivity index (χ1n) is 5.28. The van der Waals surface area contributed by atoms with Gasteiger partial charge in [-0.05, 0) is 12.3 Å². The highest BCUT2D eigenvalue weighted by Crippen LogP contribution is 2.51. The molecule has 0 spiro atoms. The fraction of sp³-hybridized carbons (Fsp3) is 1.00. The van der Waals surface area contributed by atoms with Crippen LogP contribution in [-0.2, 0) is 0 Å². The maximum Gasteiger partial charge on any atom is 0.0965 e. The fourth-order valence-corrected chi connectivity index (χ4v) is 3.14. The third-order valence-electron chi connectivity index (χ3n) is 4.33. The van der Waals surface area contributed by atoms with Gasteiger partial charge >= 0.3 is 0 Å². The van der Waals surface area contributed by atoms with Crippen molar-refractivity contribution in [2.75, 3.05) is 19.6 Å². The largest absolute Gasteiger partial charge is 0.387 e. The minimum absolute atomic E-state index is 0.00174. The van der Waals surface area contributed by atoms with Gasteiger partial charge in [0.2, 0.25) is 0 Å². The first kappa shape index (κ1) is 9.44. The van der Waals surface area contributed by atoms with E-state index in [-0.39, 0.29) is 5.41 Å². The zero-order valence-corrected chi connectivity index (χ0v) is 8.34. The predicted molar refractivity (Wildman–Crippen MR) is 52.3 cm³/mol. The highest BCUT2D eigenvalue weighted by atomic mass is 16.3. The molecule has 2 fully saturated rings. The lowest BCUT2D eigenvalue weighted by molar-refractivity contribution is -0.131. The second-order valence-corrected chi connectivity index (χ2v) is 4.79. The van der Waals surface area contributed by atoms with Crippen molar-refractivity contribution >= 4 is 0 Å². The van der Waals surface area contributed by atoms with Crippen molar-refractivity contribution in [2.24, 2.45) is 17.1 Å². The third kappa shape index (κ3) is 1.07. The van der Waals surface area contributed by atoms with E-state index in [0.717, 1.165) is 19.5 Å². The highest BCUT2D eigenvalue weighted by Gasteiger charge is 2.57. The number of hydrogen-bond acceptors (Lipinski definition) is 3. The second kappa shape index (κ2) is 2.94. The number of rotatable bonds is 2. The molecule has 2 aliphatic rings. The van der Waals surface area contributed by atoms with E-state index in [1.165, 1.54) is 12.8 Å². The Bertz CT molecular complexity index is 203. The number of nitrogens with two attached hydrogens (primary N) is 1. The molecule has 3 nitrogen and oxygen atoms in total. The quantitative estimate of drug-likeness (QED) is 0.570. The van der Waals surface area contributed by atoms with Crippen LogP contribution in [0.3, 0.4) is 0 Å². The molecule has 0 radical (unpaired) electrons. The Morgan fingerprint density at radius 2 is 2.23 bits per heavy atom. The Balaban J connectivity index is 2.23. The molecule has 3 heteroatoms. The topological polar surface area (TPSA) is 58.3 Å². The van der Waals surface area contributed by atoms with Crippen molar-refractivity contribution in [2.45, 2.75) is 31.8 Å². The van der Waals surface area contributed by atoms with E-state index in [4.69, 9.17) is 5.73 Å². The van der Waals surface area contributed by atoms with Crippen molar-refractivity contribution in [3.8, 4) is 0 Å². The summed E-state index contributed by atoms with van der Waals surface area (Å²) in [4.78, 5) is 0. The summed E-state index contributed by atoms with van der Waals surface area (Å²) in [5.41, 5.74) is 5.35. The van der Waals surface area contributed by atoms with Gasteiger partial charge in [-0.2, -0.15) is 0 Å². The van der Waals surface area contributed by atoms with Crippen LogP contribution in [0.4, 0.5) is 0 Å². The molecule has 13 heavy (non-hydrogen) atoms. The summed E-state index contributed by atoms with van der Waals surface area (Å²) >= 11 is 0. The molecule has 4 N–H and O–H groups in total. The van der Waals surface area contributed by atoms with Crippen LogP contribution in [0.1, 0.15) is 26.2 Å². The smallest absolute Gasteiger partial charge is 0.0965 e. The number of nitrogens with one attached hydrogen (secondary N) is 1. The summed E-state index contributed by atoms with van der Waals surface area (Å²) in [7, 11) is 0. The third-order valence-corrected chi connectivity index (χ3v) is 4.33. The summed E-state index contributed by atoms with van der Waals surface area (Å²) in [5.74, 6) is 0.574. The maximum absolute atomic E-state index is 10.4. The SMILES string of the molecule is CC1CCCC1(CN)C1(O)CNC1. The molecule has 2 rings (SSSR count). The minimum Gasteiger partial charge on any atom is -0.387 e. The van der Waals surface area contributed by atoms with Crippen LogP contribution in [0, 0.1) is 11.3 Å². The summed E-state index contributed by atoms with van der Waals surface area (Å²) in [6, 6.07) is 0. The van der Waals surface area contributed by atoms with Gasteiger partial charge in [-0.3, -0.25) is 0 Å². The lowest BCUT2D eigenvalue weighted by atomic mass is 9.63. The van der Waals surface area contributed by atoms with Gasteiger partial charge in [-0.15, -0.1) is 0 Å². The molecule has 1 heterocycles. The number of hydrogen-bond donors (Lipinski definition) is 3. The average molecular weight is 184 g/mol. The molecule has 0 aromatic heterocycles. The van der Waals surface area contributed by atoms with Crippen molar-refractivity contribution < 1.29 is 5.11 Å². The van der Waals surface area contributed by atoms with Gasteiger partial charge < -0.3 is 16.2 Å². The van der Waals surface area contributed by atoms with Crippen LogP contribution in [0.25, 0.3) is 0 Å². The van der Waals surface area contributed by atoms with E-state index in [2.05, 4.69) is 12.2 Å². The molecule has 2 atom stereocenters. The Morgan fingerprint density at radius 3 is 2.54 bits per heavy atom. The van der Waals surface area contributed by atoms with Crippen molar-refractivity contribution in [1.29, 1.82) is 0 Å². The normalized spacial score (nSPS) is 43.2. The van der Waals surface area contributed by atoms with E-state index in [1.807, 2.05) is 0 Å². The number of aliphatic hydroxyl groups is 1. The van der Waals surface area contributed by atoms with Crippen LogP contribution in [0.2, 0.25) is 0 Å². The Hall–Kier alpha value is -0.120. The van der Waals surface area contributed by atoms with Crippen molar-refractivity contribution in [1.82, 2.24) is 5.32 Å². The van der Waals surface area contributed by atoms with Gasteiger partial charge in [0, 0.05) is 25.0 Å². The Kier molecular flexibility index (Phi) is 2.13.